The van der Waals surface area contributed by atoms with Crippen LogP contribution in [0.5, 0.6) is 0 Å². The molecule has 5 heteroatoms. The van der Waals surface area contributed by atoms with Crippen molar-refractivity contribution in [3.63, 3.8) is 0 Å². The van der Waals surface area contributed by atoms with E-state index in [0.29, 0.717) is 0 Å². The van der Waals surface area contributed by atoms with E-state index >= 15 is 0 Å². The van der Waals surface area contributed by atoms with Crippen LogP contribution in [0.3, 0.4) is 0 Å². The van der Waals surface area contributed by atoms with Crippen LogP contribution >= 0.6 is 0 Å². The first kappa shape index (κ1) is 35.0. The zero-order chi connectivity index (χ0) is 42.3. The van der Waals surface area contributed by atoms with Crippen molar-refractivity contribution in [1.82, 2.24) is 9.13 Å². The maximum absolute atomic E-state index is 6.61. The molecule has 5 heterocycles. The van der Waals surface area contributed by atoms with E-state index in [0.717, 1.165) is 39.0 Å². The van der Waals surface area contributed by atoms with Gasteiger partial charge in [0.1, 0.15) is 11.2 Å². The summed E-state index contributed by atoms with van der Waals surface area (Å²) in [5.74, 6) is 0. The van der Waals surface area contributed by atoms with Crippen LogP contribution in [0.1, 0.15) is 0 Å². The summed E-state index contributed by atoms with van der Waals surface area (Å²) >= 11 is 0. The van der Waals surface area contributed by atoms with Crippen LogP contribution < -0.4 is 21.3 Å². The van der Waals surface area contributed by atoms with E-state index in [9.17, 15) is 0 Å². The highest BCUT2D eigenvalue weighted by Gasteiger charge is 2.43. The van der Waals surface area contributed by atoms with Crippen LogP contribution in [-0.2, 0) is 0 Å². The molecule has 0 amide bonds. The first-order valence-corrected chi connectivity index (χ1v) is 22.5. The Balaban J connectivity index is 1.16. The fraction of sp³-hybridized carbons (Fsp3) is 0. The minimum absolute atomic E-state index is 0.000203. The number of furan rings is 1. The molecule has 2 aliphatic heterocycles. The Morgan fingerprint density at radius 1 is 0.354 bits per heavy atom. The Hall–Kier alpha value is -8.54. The Kier molecular flexibility index (Phi) is 7.00. The predicted molar refractivity (Wildman–Crippen MR) is 273 cm³/mol. The van der Waals surface area contributed by atoms with Gasteiger partial charge in [-0.3, -0.25) is 0 Å². The molecule has 2 aliphatic rings. The molecule has 0 spiro atoms. The van der Waals surface area contributed by atoms with Gasteiger partial charge in [-0.05, 0) is 70.0 Å². The first-order chi connectivity index (χ1) is 32.3. The van der Waals surface area contributed by atoms with Crippen LogP contribution in [0.15, 0.2) is 223 Å². The van der Waals surface area contributed by atoms with E-state index in [-0.39, 0.29) is 6.71 Å². The summed E-state index contributed by atoms with van der Waals surface area (Å²) in [6.45, 7) is 0.000203. The molecule has 0 atom stereocenters. The zero-order valence-electron chi connectivity index (χ0n) is 35.1. The van der Waals surface area contributed by atoms with Gasteiger partial charge in [0.2, 0.25) is 0 Å². The lowest BCUT2D eigenvalue weighted by atomic mass is 9.34. The lowest BCUT2D eigenvalue weighted by molar-refractivity contribution is 0.669. The number of para-hydroxylation sites is 6. The van der Waals surface area contributed by atoms with Crippen LogP contribution in [0.25, 0.3) is 99.2 Å². The second-order valence-electron chi connectivity index (χ2n) is 17.5. The molecule has 300 valence electrons. The highest BCUT2D eigenvalue weighted by Crippen LogP contribution is 2.48. The molecule has 0 saturated carbocycles. The maximum atomic E-state index is 6.61. The summed E-state index contributed by atoms with van der Waals surface area (Å²) < 4.78 is 11.8. The van der Waals surface area contributed by atoms with E-state index in [1.165, 1.54) is 93.6 Å². The molecular weight excluding hydrogens is 789 g/mol. The molecule has 65 heavy (non-hydrogen) atoms. The van der Waals surface area contributed by atoms with Gasteiger partial charge in [0.05, 0.1) is 33.3 Å². The lowest BCUT2D eigenvalue weighted by Crippen LogP contribution is -2.60. The second-order valence-corrected chi connectivity index (χ2v) is 17.5. The topological polar surface area (TPSA) is 26.2 Å². The molecule has 0 fully saturated rings. The summed E-state index contributed by atoms with van der Waals surface area (Å²) in [6, 6.07) is 80.3. The predicted octanol–water partition coefficient (Wildman–Crippen LogP) is 13.7. The van der Waals surface area contributed by atoms with Gasteiger partial charge in [-0.25, -0.2) is 0 Å². The van der Waals surface area contributed by atoms with Crippen molar-refractivity contribution in [2.45, 2.75) is 0 Å². The highest BCUT2D eigenvalue weighted by molar-refractivity contribution is 7.00. The van der Waals surface area contributed by atoms with Crippen LogP contribution in [0.4, 0.5) is 17.1 Å². The summed E-state index contributed by atoms with van der Waals surface area (Å²) in [5, 5.41) is 7.19. The minimum atomic E-state index is 0.000203. The number of fused-ring (bicyclic) bond motifs is 13. The Morgan fingerprint density at radius 2 is 0.892 bits per heavy atom. The van der Waals surface area contributed by atoms with Crippen LogP contribution in [0, 0.1) is 0 Å². The largest absolute Gasteiger partial charge is 0.456 e. The molecule has 4 nitrogen and oxygen atoms in total. The normalized spacial score (nSPS) is 12.9. The van der Waals surface area contributed by atoms with Gasteiger partial charge in [-0.15, -0.1) is 0 Å². The summed E-state index contributed by atoms with van der Waals surface area (Å²) in [6.07, 6.45) is 0. The SMILES string of the molecule is c1ccc(-c2cccc3c4cccc(-c5ccccc5)c4n(-c4cc5c6c(c4)-n4c7ccccc7c7cccc(c74)B6c4ccccc4N5c4cccc5oc6ccccc6c45)c23)cc1. The Morgan fingerprint density at radius 3 is 1.65 bits per heavy atom. The standard InChI is InChI=1S/C60H36BN3O/c1-3-17-37(18-4-1)40-23-13-25-44-45-26-14-24-41(38-19-5-2-6-20-38)59(45)62(58(40)44)39-35-52-57-53(36-39)64-49-30-10-7-21-42(49)43-27-15-29-48(60(43)64)61(57)47-28-9-11-31-50(47)63(52)51-32-16-34-55-56(51)46-22-8-12-33-54(46)65-55/h1-36H. The quantitative estimate of drug-likeness (QED) is 0.165. The van der Waals surface area contributed by atoms with Gasteiger partial charge < -0.3 is 18.5 Å². The molecule has 10 aromatic carbocycles. The maximum Gasteiger partial charge on any atom is 0.252 e. The summed E-state index contributed by atoms with van der Waals surface area (Å²) in [5.41, 5.74) is 21.0. The minimum Gasteiger partial charge on any atom is -0.456 e. The van der Waals surface area contributed by atoms with Gasteiger partial charge >= 0.3 is 0 Å². The van der Waals surface area contributed by atoms with Crippen molar-refractivity contribution in [3.05, 3.63) is 218 Å². The third-order valence-electron chi connectivity index (χ3n) is 14.3. The fourth-order valence-electron chi connectivity index (χ4n) is 11.8. The Labute approximate surface area is 374 Å². The summed E-state index contributed by atoms with van der Waals surface area (Å²) in [4.78, 5) is 2.54. The molecule has 3 aromatic heterocycles. The van der Waals surface area contributed by atoms with Gasteiger partial charge in [-0.2, -0.15) is 0 Å². The number of hydrogen-bond donors (Lipinski definition) is 0. The third kappa shape index (κ3) is 4.66. The number of aromatic nitrogens is 2. The van der Waals surface area contributed by atoms with Gasteiger partial charge in [-0.1, -0.05) is 176 Å². The molecule has 0 saturated heterocycles. The van der Waals surface area contributed by atoms with Crippen LogP contribution in [0.2, 0.25) is 0 Å². The highest BCUT2D eigenvalue weighted by atomic mass is 16.3. The molecule has 13 aromatic rings. The second kappa shape index (κ2) is 13.0. The Bertz CT molecular complexity index is 4040. The average Bonchev–Trinajstić information content (AvgIpc) is 4.04. The third-order valence-corrected chi connectivity index (χ3v) is 14.3. The van der Waals surface area contributed by atoms with E-state index in [1.54, 1.807) is 0 Å². The monoisotopic (exact) mass is 825 g/mol. The van der Waals surface area contributed by atoms with Crippen molar-refractivity contribution in [2.24, 2.45) is 0 Å². The number of nitrogens with zero attached hydrogens (tertiary/aromatic N) is 3. The van der Waals surface area contributed by atoms with Crippen LogP contribution in [-0.4, -0.2) is 15.8 Å². The smallest absolute Gasteiger partial charge is 0.252 e. The molecule has 0 unspecified atom stereocenters. The average molecular weight is 826 g/mol. The van der Waals surface area contributed by atoms with Gasteiger partial charge in [0, 0.05) is 60.6 Å². The van der Waals surface area contributed by atoms with Crippen molar-refractivity contribution in [2.75, 3.05) is 4.90 Å². The molecule has 0 N–H and O–H groups in total. The fourth-order valence-corrected chi connectivity index (χ4v) is 11.8. The number of hydrogen-bond acceptors (Lipinski definition) is 2. The molecule has 0 bridgehead atoms. The van der Waals surface area contributed by atoms with E-state index in [2.05, 4.69) is 232 Å². The van der Waals surface area contributed by atoms with Crippen molar-refractivity contribution in [1.29, 1.82) is 0 Å². The number of benzene rings is 10. The van der Waals surface area contributed by atoms with Crippen molar-refractivity contribution >= 4 is 106 Å². The van der Waals surface area contributed by atoms with E-state index in [4.69, 9.17) is 4.42 Å². The number of anilines is 3. The van der Waals surface area contributed by atoms with Gasteiger partial charge in [0.25, 0.3) is 6.71 Å². The molecule has 0 aliphatic carbocycles. The van der Waals surface area contributed by atoms with E-state index < -0.39 is 0 Å². The lowest BCUT2D eigenvalue weighted by Gasteiger charge is -2.41. The molecular formula is C60H36BN3O. The van der Waals surface area contributed by atoms with Crippen molar-refractivity contribution < 1.29 is 4.42 Å². The molecule has 15 rings (SSSR count). The summed E-state index contributed by atoms with van der Waals surface area (Å²) in [7, 11) is 0. The van der Waals surface area contributed by atoms with Gasteiger partial charge in [0.15, 0.2) is 0 Å². The zero-order valence-corrected chi connectivity index (χ0v) is 35.1. The molecule has 0 radical (unpaired) electrons. The van der Waals surface area contributed by atoms with Crippen molar-refractivity contribution in [3.8, 4) is 33.6 Å². The first-order valence-electron chi connectivity index (χ1n) is 22.5. The number of rotatable bonds is 4. The van der Waals surface area contributed by atoms with E-state index in [1.807, 2.05) is 0 Å².